The van der Waals surface area contributed by atoms with E-state index in [-0.39, 0.29) is 37.5 Å². The van der Waals surface area contributed by atoms with Crippen molar-refractivity contribution in [2.24, 2.45) is 35.0 Å². The third-order valence-electron chi connectivity index (χ3n) is 12.0. The largest absolute Gasteiger partial charge is 0.481 e. The summed E-state index contributed by atoms with van der Waals surface area (Å²) < 4.78 is 0. The van der Waals surface area contributed by atoms with E-state index < -0.39 is 132 Å². The summed E-state index contributed by atoms with van der Waals surface area (Å²) in [6.07, 6.45) is 2.37. The second-order valence-electron chi connectivity index (χ2n) is 19.5. The topological polar surface area (TPSA) is 385 Å². The van der Waals surface area contributed by atoms with Gasteiger partial charge < -0.3 is 69.9 Å². The molecule has 1 aromatic carbocycles. The van der Waals surface area contributed by atoms with Gasteiger partial charge in [0.05, 0.1) is 6.04 Å². The van der Waals surface area contributed by atoms with Crippen molar-refractivity contribution in [2.45, 2.75) is 187 Å². The average Bonchev–Trinajstić information content (AvgIpc) is 3.32. The van der Waals surface area contributed by atoms with Crippen molar-refractivity contribution in [3.05, 3.63) is 35.9 Å². The van der Waals surface area contributed by atoms with E-state index in [0.717, 1.165) is 0 Å². The molecule has 0 saturated heterocycles. The molecule has 0 aromatic heterocycles. The van der Waals surface area contributed by atoms with Gasteiger partial charge in [0.25, 0.3) is 0 Å². The van der Waals surface area contributed by atoms with Gasteiger partial charge in [0.2, 0.25) is 47.3 Å². The minimum Gasteiger partial charge on any atom is -0.481 e. The van der Waals surface area contributed by atoms with E-state index >= 15 is 0 Å². The van der Waals surface area contributed by atoms with Crippen LogP contribution in [0.15, 0.2) is 30.3 Å². The van der Waals surface area contributed by atoms with Crippen LogP contribution in [0.25, 0.3) is 0 Å². The van der Waals surface area contributed by atoms with E-state index in [0.29, 0.717) is 57.2 Å². The molecule has 0 saturated carbocycles. The molecule has 8 amide bonds. The van der Waals surface area contributed by atoms with Gasteiger partial charge in [0.1, 0.15) is 48.3 Å². The molecular formula is C50H85N11O12. The molecule has 0 spiro atoms. The molecule has 0 unspecified atom stereocenters. The maximum Gasteiger partial charge on any atom is 0.326 e. The summed E-state index contributed by atoms with van der Waals surface area (Å²) in [5.74, 6) is -9.34. The van der Waals surface area contributed by atoms with Crippen LogP contribution in [0.3, 0.4) is 0 Å². The Hall–Kier alpha value is -6.20. The molecule has 0 fully saturated rings. The van der Waals surface area contributed by atoms with Gasteiger partial charge in [-0.25, -0.2) is 4.79 Å². The molecule has 1 aromatic rings. The quantitative estimate of drug-likeness (QED) is 0.0388. The first-order chi connectivity index (χ1) is 34.3. The number of amides is 8. The zero-order valence-electron chi connectivity index (χ0n) is 43.9. The number of hydrogen-bond donors (Lipinski definition) is 13. The molecule has 23 heteroatoms. The van der Waals surface area contributed by atoms with E-state index in [2.05, 4.69) is 42.5 Å². The number of rotatable bonds is 36. The minimum atomic E-state index is -1.51. The van der Waals surface area contributed by atoms with Crippen molar-refractivity contribution in [3.63, 3.8) is 0 Å². The Labute approximate surface area is 429 Å². The van der Waals surface area contributed by atoms with Gasteiger partial charge in [-0.05, 0) is 102 Å². The Morgan fingerprint density at radius 2 is 0.932 bits per heavy atom. The van der Waals surface area contributed by atoms with E-state index in [1.54, 1.807) is 44.2 Å². The lowest BCUT2D eigenvalue weighted by Gasteiger charge is -2.29. The van der Waals surface area contributed by atoms with Crippen LogP contribution < -0.4 is 59.7 Å². The molecule has 10 atom stereocenters. The van der Waals surface area contributed by atoms with Crippen LogP contribution in [0.1, 0.15) is 132 Å². The number of carboxylic acid groups (broad SMARTS) is 2. The molecule has 0 heterocycles. The molecule has 73 heavy (non-hydrogen) atoms. The lowest BCUT2D eigenvalue weighted by atomic mass is 9.96. The normalized spacial score (nSPS) is 15.4. The van der Waals surface area contributed by atoms with Crippen molar-refractivity contribution in [1.29, 1.82) is 0 Å². The standard InChI is InChI=1S/C50H85N11O12/c1-9-30(6)41(49(71)59-38(27-33-17-11-10-12-18-33)48(70)57-35(20-14-16-24-52)46(68)60-39(50(72)73)26-29(4)5)61-43(65)32(8)54-45(67)36(21-22-40(62)63)56-42(64)31(7)55-47(69)37(25-28(2)3)58-44(66)34(53)19-13-15-23-51/h10-12,17-18,28-32,34-39,41H,9,13-16,19-27,51-53H2,1-8H3,(H,54,67)(H,55,69)(H,56,64)(H,57,70)(H,58,66)(H,59,71)(H,60,68)(H,61,65)(H,62,63)(H,72,73)/t30-,31-,32-,34-,35-,36-,37-,38-,39-,41-/m0/s1. The van der Waals surface area contributed by atoms with Gasteiger partial charge in [-0.15, -0.1) is 0 Å². The van der Waals surface area contributed by atoms with Crippen molar-refractivity contribution >= 4 is 59.2 Å². The second-order valence-corrected chi connectivity index (χ2v) is 19.5. The SMILES string of the molecule is CC[C@H](C)[C@H](NC(=O)[C@H](C)NC(=O)[C@H](CCC(=O)O)NC(=O)[C@H](C)NC(=O)[C@H](CC(C)C)NC(=O)[C@@H](N)CCCCN)C(=O)N[C@@H](Cc1ccccc1)C(=O)N[C@@H](CCCCN)C(=O)N[C@@H](CC(C)C)C(=O)O. The summed E-state index contributed by atoms with van der Waals surface area (Å²) in [7, 11) is 0. The lowest BCUT2D eigenvalue weighted by molar-refractivity contribution is -0.143. The molecule has 1 rings (SSSR count). The Morgan fingerprint density at radius 3 is 1.45 bits per heavy atom. The monoisotopic (exact) mass is 1030 g/mol. The van der Waals surface area contributed by atoms with Gasteiger partial charge >= 0.3 is 11.9 Å². The first kappa shape index (κ1) is 64.8. The Balaban J connectivity index is 3.32. The molecular weight excluding hydrogens is 947 g/mol. The fraction of sp³-hybridized carbons (Fsp3) is 0.680. The first-order valence-corrected chi connectivity index (χ1v) is 25.4. The van der Waals surface area contributed by atoms with Gasteiger partial charge in [-0.1, -0.05) is 84.7 Å². The van der Waals surface area contributed by atoms with Crippen molar-refractivity contribution in [2.75, 3.05) is 13.1 Å². The summed E-state index contributed by atoms with van der Waals surface area (Å²) in [6, 6.07) is -2.37. The molecule has 0 aliphatic carbocycles. The average molecular weight is 1030 g/mol. The van der Waals surface area contributed by atoms with Crippen molar-refractivity contribution in [3.8, 4) is 0 Å². The number of hydrogen-bond acceptors (Lipinski definition) is 13. The molecule has 23 nitrogen and oxygen atoms in total. The second kappa shape index (κ2) is 34.3. The number of carbonyl (C=O) groups excluding carboxylic acids is 8. The fourth-order valence-corrected chi connectivity index (χ4v) is 7.51. The summed E-state index contributed by atoms with van der Waals surface area (Å²) in [5.41, 5.74) is 17.9. The fourth-order valence-electron chi connectivity index (χ4n) is 7.51. The van der Waals surface area contributed by atoms with Gasteiger partial charge in [0.15, 0.2) is 0 Å². The highest BCUT2D eigenvalue weighted by Crippen LogP contribution is 2.13. The van der Waals surface area contributed by atoms with E-state index in [1.807, 2.05) is 27.7 Å². The molecule has 16 N–H and O–H groups in total. The summed E-state index contributed by atoms with van der Waals surface area (Å²) in [5, 5.41) is 40.0. The summed E-state index contributed by atoms with van der Waals surface area (Å²) >= 11 is 0. The van der Waals surface area contributed by atoms with Crippen LogP contribution in [-0.2, 0) is 54.4 Å². The minimum absolute atomic E-state index is 0.0419. The number of carboxylic acids is 2. The third-order valence-corrected chi connectivity index (χ3v) is 12.0. The molecule has 0 radical (unpaired) electrons. The van der Waals surface area contributed by atoms with E-state index in [1.165, 1.54) is 13.8 Å². The van der Waals surface area contributed by atoms with Crippen LogP contribution >= 0.6 is 0 Å². The zero-order chi connectivity index (χ0) is 55.4. The number of benzene rings is 1. The summed E-state index contributed by atoms with van der Waals surface area (Å²) in [4.78, 5) is 133. The Morgan fingerprint density at radius 1 is 0.493 bits per heavy atom. The van der Waals surface area contributed by atoms with E-state index in [9.17, 15) is 58.2 Å². The van der Waals surface area contributed by atoms with Crippen LogP contribution in [0.5, 0.6) is 0 Å². The number of nitrogens with one attached hydrogen (secondary N) is 8. The van der Waals surface area contributed by atoms with Crippen LogP contribution in [-0.4, -0.2) is 137 Å². The van der Waals surface area contributed by atoms with Crippen LogP contribution in [0, 0.1) is 17.8 Å². The van der Waals surface area contributed by atoms with Crippen molar-refractivity contribution in [1.82, 2.24) is 42.5 Å². The van der Waals surface area contributed by atoms with Crippen LogP contribution in [0.2, 0.25) is 0 Å². The molecule has 0 aliphatic rings. The van der Waals surface area contributed by atoms with E-state index in [4.69, 9.17) is 17.2 Å². The van der Waals surface area contributed by atoms with Gasteiger partial charge in [-0.2, -0.15) is 0 Å². The van der Waals surface area contributed by atoms with Crippen molar-refractivity contribution < 1.29 is 58.2 Å². The zero-order valence-corrected chi connectivity index (χ0v) is 43.9. The lowest BCUT2D eigenvalue weighted by Crippen LogP contribution is -2.61. The maximum absolute atomic E-state index is 14.2. The molecule has 0 aliphatic heterocycles. The summed E-state index contributed by atoms with van der Waals surface area (Å²) in [6.45, 7) is 14.1. The highest BCUT2D eigenvalue weighted by atomic mass is 16.4. The Bertz CT molecular complexity index is 1960. The number of aliphatic carboxylic acids is 2. The third kappa shape index (κ3) is 25.3. The maximum atomic E-state index is 14.2. The van der Waals surface area contributed by atoms with Gasteiger partial charge in [-0.3, -0.25) is 43.2 Å². The highest BCUT2D eigenvalue weighted by molar-refractivity contribution is 5.98. The Kier molecular flexibility index (Phi) is 30.4. The number of nitrogens with two attached hydrogens (primary N) is 3. The predicted octanol–water partition coefficient (Wildman–Crippen LogP) is -0.180. The number of unbranched alkanes of at least 4 members (excludes halogenated alkanes) is 2. The number of carbonyl (C=O) groups is 10. The highest BCUT2D eigenvalue weighted by Gasteiger charge is 2.35. The van der Waals surface area contributed by atoms with Gasteiger partial charge in [0, 0.05) is 12.8 Å². The smallest absolute Gasteiger partial charge is 0.326 e. The molecule has 0 bridgehead atoms. The predicted molar refractivity (Wildman–Crippen MR) is 274 cm³/mol. The molecule has 412 valence electrons. The van der Waals surface area contributed by atoms with Crippen LogP contribution in [0.4, 0.5) is 0 Å². The first-order valence-electron chi connectivity index (χ1n) is 25.4.